The lowest BCUT2D eigenvalue weighted by atomic mass is 9.53. The molecule has 0 aromatic carbocycles. The molecule has 90 valence electrons. The van der Waals surface area contributed by atoms with Crippen molar-refractivity contribution in [2.24, 2.45) is 22.7 Å². The molecule has 0 radical (unpaired) electrons. The molecule has 4 rings (SSSR count). The lowest BCUT2D eigenvalue weighted by Gasteiger charge is -2.54. The minimum Gasteiger partial charge on any atom is -0.281 e. The van der Waals surface area contributed by atoms with E-state index < -0.39 is 6.18 Å². The Hall–Kier alpha value is -0.540. The minimum atomic E-state index is -4.25. The van der Waals surface area contributed by atoms with E-state index in [2.05, 4.69) is 4.99 Å². The molecule has 4 aliphatic carbocycles. The summed E-state index contributed by atoms with van der Waals surface area (Å²) in [4.78, 5) is 3.94. The average molecular weight is 231 g/mol. The molecule has 0 spiro atoms. The molecule has 16 heavy (non-hydrogen) atoms. The largest absolute Gasteiger partial charge is 0.426 e. The van der Waals surface area contributed by atoms with Gasteiger partial charge in [0.2, 0.25) is 0 Å². The highest BCUT2D eigenvalue weighted by Gasteiger charge is 2.51. The number of nitrogens with zero attached hydrogens (tertiary/aromatic N) is 1. The molecular weight excluding hydrogens is 215 g/mol. The summed E-state index contributed by atoms with van der Waals surface area (Å²) in [5.41, 5.74) is -0.343. The normalized spacial score (nSPS) is 46.8. The Kier molecular flexibility index (Phi) is 2.14. The first-order chi connectivity index (χ1) is 7.44. The number of halogens is 3. The molecule has 0 unspecified atom stereocenters. The van der Waals surface area contributed by atoms with Crippen LogP contribution in [0.3, 0.4) is 0 Å². The fourth-order valence-electron chi connectivity index (χ4n) is 4.43. The summed E-state index contributed by atoms with van der Waals surface area (Å²) < 4.78 is 36.6. The van der Waals surface area contributed by atoms with Crippen molar-refractivity contribution in [2.75, 3.05) is 0 Å². The standard InChI is InChI=1S/C12H16F3N/c13-12(14,15)7-16-11-4-8-1-9(5-11)3-10(2-8)6-11/h7-10H,1-6H2. The van der Waals surface area contributed by atoms with Crippen LogP contribution in [0.5, 0.6) is 0 Å². The summed E-state index contributed by atoms with van der Waals surface area (Å²) in [6.45, 7) is 0. The molecule has 0 aromatic heterocycles. The zero-order valence-corrected chi connectivity index (χ0v) is 9.13. The van der Waals surface area contributed by atoms with E-state index in [1.165, 1.54) is 19.3 Å². The van der Waals surface area contributed by atoms with Crippen molar-refractivity contribution in [3.05, 3.63) is 0 Å². The Morgan fingerprint density at radius 3 is 1.75 bits per heavy atom. The minimum absolute atomic E-state index is 0.236. The van der Waals surface area contributed by atoms with E-state index in [0.29, 0.717) is 17.8 Å². The van der Waals surface area contributed by atoms with Crippen molar-refractivity contribution in [2.45, 2.75) is 50.2 Å². The second-order valence-corrected chi connectivity index (χ2v) is 5.94. The van der Waals surface area contributed by atoms with E-state index in [1.54, 1.807) is 0 Å². The summed E-state index contributed by atoms with van der Waals surface area (Å²) in [5.74, 6) is 1.95. The van der Waals surface area contributed by atoms with E-state index in [0.717, 1.165) is 19.3 Å². The zero-order chi connectivity index (χ0) is 11.4. The van der Waals surface area contributed by atoms with E-state index in [-0.39, 0.29) is 11.8 Å². The van der Waals surface area contributed by atoms with Crippen LogP contribution in [-0.2, 0) is 0 Å². The molecule has 0 heterocycles. The fraction of sp³-hybridized carbons (Fsp3) is 0.917. The SMILES string of the molecule is FC(F)(F)C=NC12CC3CC(CC(C3)C1)C2. The number of hydrogen-bond acceptors (Lipinski definition) is 1. The summed E-state index contributed by atoms with van der Waals surface area (Å²) in [7, 11) is 0. The smallest absolute Gasteiger partial charge is 0.281 e. The Bertz CT molecular complexity index is 283. The molecule has 4 heteroatoms. The second kappa shape index (κ2) is 3.23. The van der Waals surface area contributed by atoms with Gasteiger partial charge in [0.25, 0.3) is 0 Å². The number of hydrogen-bond donors (Lipinski definition) is 0. The van der Waals surface area contributed by atoms with Crippen molar-refractivity contribution >= 4 is 6.21 Å². The van der Waals surface area contributed by atoms with E-state index >= 15 is 0 Å². The molecular formula is C12H16F3N. The second-order valence-electron chi connectivity index (χ2n) is 5.94. The van der Waals surface area contributed by atoms with Gasteiger partial charge in [-0.2, -0.15) is 13.2 Å². The average Bonchev–Trinajstić information content (AvgIpc) is 2.11. The van der Waals surface area contributed by atoms with Crippen molar-refractivity contribution in [1.82, 2.24) is 0 Å². The third kappa shape index (κ3) is 1.87. The molecule has 4 saturated carbocycles. The maximum absolute atomic E-state index is 12.2. The highest BCUT2D eigenvalue weighted by molar-refractivity contribution is 5.64. The number of aliphatic imine (C=N–C) groups is 1. The predicted octanol–water partition coefficient (Wildman–Crippen LogP) is 3.59. The van der Waals surface area contributed by atoms with Gasteiger partial charge in [-0.05, 0) is 56.3 Å². The van der Waals surface area contributed by atoms with Crippen molar-refractivity contribution in [3.8, 4) is 0 Å². The van der Waals surface area contributed by atoms with Gasteiger partial charge in [-0.3, -0.25) is 4.99 Å². The molecule has 4 aliphatic rings. The molecule has 1 nitrogen and oxygen atoms in total. The van der Waals surface area contributed by atoms with Crippen LogP contribution >= 0.6 is 0 Å². The van der Waals surface area contributed by atoms with Crippen LogP contribution in [-0.4, -0.2) is 17.9 Å². The monoisotopic (exact) mass is 231 g/mol. The Balaban J connectivity index is 1.81. The first-order valence-electron chi connectivity index (χ1n) is 6.07. The molecule has 0 saturated heterocycles. The van der Waals surface area contributed by atoms with Gasteiger partial charge in [0, 0.05) is 0 Å². The molecule has 0 amide bonds. The third-order valence-corrected chi connectivity index (χ3v) is 4.49. The summed E-state index contributed by atoms with van der Waals surface area (Å²) in [6.07, 6.45) is 2.38. The van der Waals surface area contributed by atoms with Crippen LogP contribution in [0.4, 0.5) is 13.2 Å². The highest BCUT2D eigenvalue weighted by Crippen LogP contribution is 2.57. The summed E-state index contributed by atoms with van der Waals surface area (Å²) in [5, 5.41) is 0. The first kappa shape index (κ1) is 10.6. The van der Waals surface area contributed by atoms with Crippen LogP contribution in [0.25, 0.3) is 0 Å². The fourth-order valence-corrected chi connectivity index (χ4v) is 4.43. The van der Waals surface area contributed by atoms with Crippen LogP contribution in [0.1, 0.15) is 38.5 Å². The molecule has 4 fully saturated rings. The topological polar surface area (TPSA) is 12.4 Å². The summed E-state index contributed by atoms with van der Waals surface area (Å²) in [6, 6.07) is 0. The number of alkyl halides is 3. The van der Waals surface area contributed by atoms with Gasteiger partial charge in [-0.25, -0.2) is 0 Å². The van der Waals surface area contributed by atoms with Crippen LogP contribution in [0, 0.1) is 17.8 Å². The molecule has 0 aromatic rings. The van der Waals surface area contributed by atoms with Gasteiger partial charge in [-0.15, -0.1) is 0 Å². The van der Waals surface area contributed by atoms with Crippen molar-refractivity contribution in [1.29, 1.82) is 0 Å². The summed E-state index contributed by atoms with van der Waals surface area (Å²) >= 11 is 0. The van der Waals surface area contributed by atoms with Crippen molar-refractivity contribution in [3.63, 3.8) is 0 Å². The number of rotatable bonds is 1. The highest BCUT2D eigenvalue weighted by atomic mass is 19.4. The zero-order valence-electron chi connectivity index (χ0n) is 9.13. The van der Waals surface area contributed by atoms with Gasteiger partial charge < -0.3 is 0 Å². The Morgan fingerprint density at radius 1 is 0.938 bits per heavy atom. The maximum Gasteiger partial charge on any atom is 0.426 e. The lowest BCUT2D eigenvalue weighted by Crippen LogP contribution is -2.49. The van der Waals surface area contributed by atoms with Crippen LogP contribution in [0.15, 0.2) is 4.99 Å². The van der Waals surface area contributed by atoms with Gasteiger partial charge in [0.15, 0.2) is 0 Å². The van der Waals surface area contributed by atoms with E-state index in [1.807, 2.05) is 0 Å². The predicted molar refractivity (Wildman–Crippen MR) is 55.5 cm³/mol. The maximum atomic E-state index is 12.2. The van der Waals surface area contributed by atoms with E-state index in [4.69, 9.17) is 0 Å². The molecule has 0 aliphatic heterocycles. The first-order valence-corrected chi connectivity index (χ1v) is 6.07. The van der Waals surface area contributed by atoms with Crippen molar-refractivity contribution < 1.29 is 13.2 Å². The van der Waals surface area contributed by atoms with Gasteiger partial charge in [0.1, 0.15) is 6.21 Å². The van der Waals surface area contributed by atoms with Gasteiger partial charge >= 0.3 is 6.18 Å². The molecule has 0 atom stereocenters. The van der Waals surface area contributed by atoms with E-state index in [9.17, 15) is 13.2 Å². The van der Waals surface area contributed by atoms with Gasteiger partial charge in [-0.1, -0.05) is 0 Å². The van der Waals surface area contributed by atoms with Crippen LogP contribution in [0.2, 0.25) is 0 Å². The lowest BCUT2D eigenvalue weighted by molar-refractivity contribution is -0.0563. The third-order valence-electron chi connectivity index (χ3n) is 4.49. The quantitative estimate of drug-likeness (QED) is 0.611. The molecule has 4 bridgehead atoms. The Morgan fingerprint density at radius 2 is 1.38 bits per heavy atom. The van der Waals surface area contributed by atoms with Crippen LogP contribution < -0.4 is 0 Å². The Labute approximate surface area is 93.1 Å². The van der Waals surface area contributed by atoms with Gasteiger partial charge in [0.05, 0.1) is 5.54 Å². The molecule has 0 N–H and O–H groups in total.